The van der Waals surface area contributed by atoms with Crippen molar-refractivity contribution in [3.05, 3.63) is 130 Å². The van der Waals surface area contributed by atoms with Crippen LogP contribution in [0.4, 0.5) is 5.69 Å². The molecule has 0 saturated carbocycles. The van der Waals surface area contributed by atoms with Crippen LogP contribution in [0.3, 0.4) is 0 Å². The van der Waals surface area contributed by atoms with Crippen LogP contribution in [-0.4, -0.2) is 4.92 Å². The van der Waals surface area contributed by atoms with Crippen LogP contribution in [-0.2, 0) is 6.16 Å². The van der Waals surface area contributed by atoms with Crippen molar-refractivity contribution in [2.75, 3.05) is 0 Å². The van der Waals surface area contributed by atoms with Crippen molar-refractivity contribution in [2.45, 2.75) is 13.1 Å². The fraction of sp³-hybridized carbons (Fsp3) is 0.0769. The molecule has 0 aromatic heterocycles. The quantitative estimate of drug-likeness (QED) is 0.250. The first-order valence-electron chi connectivity index (χ1n) is 10.0. The standard InChI is InChI=1S/C26H24NO2P/c1-21-17-18-23(27(28)29)19-22(21)20-30(24-11-5-2-6-12-24,25-13-7-3-8-14-25)26-15-9-4-10-16-26/h2-19,30H,20H2,1H3. The van der Waals surface area contributed by atoms with E-state index in [1.165, 1.54) is 15.9 Å². The van der Waals surface area contributed by atoms with Gasteiger partial charge in [0.15, 0.2) is 0 Å². The van der Waals surface area contributed by atoms with E-state index in [1.54, 1.807) is 12.1 Å². The molecular formula is C26H24NO2P. The molecule has 0 radical (unpaired) electrons. The van der Waals surface area contributed by atoms with Crippen molar-refractivity contribution in [1.29, 1.82) is 0 Å². The molecule has 0 aliphatic carbocycles. The van der Waals surface area contributed by atoms with E-state index in [2.05, 4.69) is 72.8 Å². The molecule has 0 aliphatic rings. The number of rotatable bonds is 6. The van der Waals surface area contributed by atoms with Gasteiger partial charge in [-0.1, -0.05) is 0 Å². The second-order valence-electron chi connectivity index (χ2n) is 7.55. The number of nitro benzene ring substituents is 1. The van der Waals surface area contributed by atoms with Crippen molar-refractivity contribution in [3.63, 3.8) is 0 Å². The second kappa shape index (κ2) is 8.61. The fourth-order valence-corrected chi connectivity index (χ4v) is 9.07. The first kappa shape index (κ1) is 20.0. The van der Waals surface area contributed by atoms with Crippen molar-refractivity contribution >= 4 is 28.9 Å². The molecule has 0 N–H and O–H groups in total. The second-order valence-corrected chi connectivity index (χ2v) is 11.4. The van der Waals surface area contributed by atoms with E-state index in [-0.39, 0.29) is 10.6 Å². The number of benzene rings is 4. The Kier molecular flexibility index (Phi) is 5.74. The van der Waals surface area contributed by atoms with Crippen molar-refractivity contribution < 1.29 is 4.92 Å². The van der Waals surface area contributed by atoms with Gasteiger partial charge in [0.2, 0.25) is 0 Å². The SMILES string of the molecule is Cc1ccc([N+](=O)[O-])cc1C[PH](c1ccccc1)(c1ccccc1)c1ccccc1. The number of aryl methyl sites for hydroxylation is 1. The Bertz CT molecular complexity index is 1050. The van der Waals surface area contributed by atoms with Crippen LogP contribution in [0, 0.1) is 17.0 Å². The molecule has 0 bridgehead atoms. The molecule has 0 heterocycles. The maximum absolute atomic E-state index is 11.5. The molecule has 30 heavy (non-hydrogen) atoms. The van der Waals surface area contributed by atoms with E-state index in [9.17, 15) is 10.1 Å². The molecule has 4 aromatic rings. The molecule has 0 saturated heterocycles. The zero-order valence-corrected chi connectivity index (χ0v) is 17.9. The molecule has 150 valence electrons. The molecule has 4 aromatic carbocycles. The Morgan fingerprint density at radius 3 is 1.53 bits per heavy atom. The third-order valence-electron chi connectivity index (χ3n) is 5.80. The molecule has 0 fully saturated rings. The van der Waals surface area contributed by atoms with Gasteiger partial charge < -0.3 is 0 Å². The Morgan fingerprint density at radius 1 is 0.700 bits per heavy atom. The van der Waals surface area contributed by atoms with Crippen LogP contribution in [0.25, 0.3) is 0 Å². The zero-order valence-electron chi connectivity index (χ0n) is 16.9. The van der Waals surface area contributed by atoms with Gasteiger partial charge in [0.05, 0.1) is 0 Å². The molecule has 0 atom stereocenters. The topological polar surface area (TPSA) is 43.1 Å². The molecule has 3 nitrogen and oxygen atoms in total. The molecular weight excluding hydrogens is 389 g/mol. The van der Waals surface area contributed by atoms with Crippen LogP contribution in [0.1, 0.15) is 11.1 Å². The Morgan fingerprint density at radius 2 is 1.13 bits per heavy atom. The van der Waals surface area contributed by atoms with Gasteiger partial charge in [0.1, 0.15) is 0 Å². The van der Waals surface area contributed by atoms with E-state index in [4.69, 9.17) is 0 Å². The van der Waals surface area contributed by atoms with Gasteiger partial charge in [-0.2, -0.15) is 0 Å². The summed E-state index contributed by atoms with van der Waals surface area (Å²) in [4.78, 5) is 11.2. The average molecular weight is 413 g/mol. The van der Waals surface area contributed by atoms with Crippen LogP contribution in [0.2, 0.25) is 0 Å². The Hall–Kier alpha value is -3.29. The molecule has 0 amide bonds. The summed E-state index contributed by atoms with van der Waals surface area (Å²) in [6.45, 7) is 2.04. The molecule has 4 heteroatoms. The maximum atomic E-state index is 11.5. The summed E-state index contributed by atoms with van der Waals surface area (Å²) in [5.74, 6) is 0. The number of nitro groups is 1. The predicted octanol–water partition coefficient (Wildman–Crippen LogP) is 5.13. The van der Waals surface area contributed by atoms with Gasteiger partial charge >= 0.3 is 177 Å². The van der Waals surface area contributed by atoms with E-state index in [1.807, 2.05) is 31.2 Å². The minimum atomic E-state index is -2.48. The van der Waals surface area contributed by atoms with Gasteiger partial charge in [-0.3, -0.25) is 0 Å². The summed E-state index contributed by atoms with van der Waals surface area (Å²) in [5, 5.41) is 15.4. The van der Waals surface area contributed by atoms with Crippen LogP contribution in [0.15, 0.2) is 109 Å². The third-order valence-corrected chi connectivity index (χ3v) is 10.7. The minimum absolute atomic E-state index is 0.146. The van der Waals surface area contributed by atoms with Gasteiger partial charge in [0.25, 0.3) is 0 Å². The van der Waals surface area contributed by atoms with Crippen molar-refractivity contribution in [1.82, 2.24) is 0 Å². The summed E-state index contributed by atoms with van der Waals surface area (Å²) in [7, 11) is -2.48. The normalized spacial score (nSPS) is 11.8. The fourth-order valence-electron chi connectivity index (χ4n) is 4.22. The number of non-ortho nitro benzene ring substituents is 1. The summed E-state index contributed by atoms with van der Waals surface area (Å²) < 4.78 is 0. The van der Waals surface area contributed by atoms with E-state index < -0.39 is 7.26 Å². The summed E-state index contributed by atoms with van der Waals surface area (Å²) in [6, 6.07) is 37.1. The summed E-state index contributed by atoms with van der Waals surface area (Å²) >= 11 is 0. The first-order valence-corrected chi connectivity index (χ1v) is 12.2. The third kappa shape index (κ3) is 3.77. The van der Waals surface area contributed by atoms with Crippen LogP contribution >= 0.6 is 7.26 Å². The van der Waals surface area contributed by atoms with Crippen LogP contribution in [0.5, 0.6) is 0 Å². The first-order chi connectivity index (χ1) is 14.6. The monoisotopic (exact) mass is 413 g/mol. The van der Waals surface area contributed by atoms with E-state index in [0.29, 0.717) is 0 Å². The number of hydrogen-bond acceptors (Lipinski definition) is 2. The van der Waals surface area contributed by atoms with Gasteiger partial charge in [-0.05, 0) is 0 Å². The average Bonchev–Trinajstić information content (AvgIpc) is 2.80. The molecule has 0 unspecified atom stereocenters. The zero-order chi connectivity index (χ0) is 21.0. The molecule has 4 rings (SSSR count). The Labute approximate surface area is 177 Å². The van der Waals surface area contributed by atoms with E-state index >= 15 is 0 Å². The van der Waals surface area contributed by atoms with Crippen molar-refractivity contribution in [3.8, 4) is 0 Å². The predicted molar refractivity (Wildman–Crippen MR) is 128 cm³/mol. The van der Waals surface area contributed by atoms with Crippen LogP contribution < -0.4 is 15.9 Å². The Balaban J connectivity index is 2.01. The molecule has 0 spiro atoms. The van der Waals surface area contributed by atoms with Gasteiger partial charge in [-0.15, -0.1) is 0 Å². The summed E-state index contributed by atoms with van der Waals surface area (Å²) in [6.07, 6.45) is 0.762. The molecule has 0 aliphatic heterocycles. The van der Waals surface area contributed by atoms with Crippen molar-refractivity contribution in [2.24, 2.45) is 0 Å². The number of hydrogen-bond donors (Lipinski definition) is 0. The van der Waals surface area contributed by atoms with Gasteiger partial charge in [0, 0.05) is 0 Å². The van der Waals surface area contributed by atoms with Gasteiger partial charge in [-0.25, -0.2) is 0 Å². The van der Waals surface area contributed by atoms with E-state index in [0.717, 1.165) is 17.3 Å². The summed E-state index contributed by atoms with van der Waals surface area (Å²) in [5.41, 5.74) is 2.26. The number of nitrogens with zero attached hydrogens (tertiary/aromatic N) is 1.